The lowest BCUT2D eigenvalue weighted by Crippen LogP contribution is -2.00. The molecule has 50 heavy (non-hydrogen) atoms. The summed E-state index contributed by atoms with van der Waals surface area (Å²) in [5, 5.41) is 2.09. The minimum Gasteiger partial charge on any atom is -0.245 e. The lowest BCUT2D eigenvalue weighted by molar-refractivity contribution is 1.07. The molecule has 9 rings (SSSR count). The SMILES string of the molecule is [2HH].c1ccc(-c2ccc3ccc4c(-c5ccc(-c6nc(-c7ccccc7)nc(-c7ccccc7)n6)cc5)cc(-c5ccccc5)nc4c3n2)cc1. The van der Waals surface area contributed by atoms with Crippen molar-refractivity contribution in [3.8, 4) is 67.8 Å². The smallest absolute Gasteiger partial charge is 0.164 e. The van der Waals surface area contributed by atoms with Crippen molar-refractivity contribution in [1.29, 1.82) is 0 Å². The Bertz CT molecular complexity index is 2560. The molecule has 9 aromatic rings. The first kappa shape index (κ1) is 29.3. The van der Waals surface area contributed by atoms with Gasteiger partial charge in [-0.15, -0.1) is 0 Å². The van der Waals surface area contributed by atoms with E-state index in [1.165, 1.54) is 0 Å². The quantitative estimate of drug-likeness (QED) is 0.169. The highest BCUT2D eigenvalue weighted by Crippen LogP contribution is 2.36. The van der Waals surface area contributed by atoms with E-state index < -0.39 is 0 Å². The van der Waals surface area contributed by atoms with Gasteiger partial charge in [0.1, 0.15) is 0 Å². The topological polar surface area (TPSA) is 64.5 Å². The number of aromatic nitrogens is 5. The Kier molecular flexibility index (Phi) is 7.41. The van der Waals surface area contributed by atoms with Crippen molar-refractivity contribution < 1.29 is 1.43 Å². The maximum Gasteiger partial charge on any atom is 0.164 e. The summed E-state index contributed by atoms with van der Waals surface area (Å²) in [4.78, 5) is 25.1. The molecule has 0 N–H and O–H groups in total. The molecule has 6 aromatic carbocycles. The number of hydrogen-bond donors (Lipinski definition) is 0. The van der Waals surface area contributed by atoms with Crippen LogP contribution in [0.5, 0.6) is 0 Å². The van der Waals surface area contributed by atoms with Crippen molar-refractivity contribution in [3.05, 3.63) is 176 Å². The molecule has 0 saturated heterocycles. The average molecular weight is 643 g/mol. The van der Waals surface area contributed by atoms with Crippen LogP contribution in [0.1, 0.15) is 1.43 Å². The van der Waals surface area contributed by atoms with Gasteiger partial charge in [-0.25, -0.2) is 24.9 Å². The minimum atomic E-state index is 0. The lowest BCUT2D eigenvalue weighted by atomic mass is 9.96. The number of rotatable bonds is 6. The zero-order valence-electron chi connectivity index (χ0n) is 27.0. The van der Waals surface area contributed by atoms with Crippen LogP contribution in [-0.4, -0.2) is 24.9 Å². The molecule has 0 saturated carbocycles. The highest BCUT2D eigenvalue weighted by molar-refractivity contribution is 6.09. The summed E-state index contributed by atoms with van der Waals surface area (Å²) in [5.41, 5.74) is 10.6. The fraction of sp³-hybridized carbons (Fsp3) is 0. The van der Waals surface area contributed by atoms with Gasteiger partial charge in [0.15, 0.2) is 17.5 Å². The molecule has 0 aliphatic rings. The standard InChI is InChI=1S/C45H29N5.H2/c1-5-13-31(14-6-1)39-28-26-33-25-27-37-38(29-40(32-15-7-2-8-16-32)47-42(37)41(33)46-39)30-21-23-36(24-22-30)45-49-43(34-17-9-3-10-18-34)48-44(50-45)35-19-11-4-12-20-35;/h1-29H;1H/i;1+1. The zero-order chi connectivity index (χ0) is 33.3. The van der Waals surface area contributed by atoms with E-state index in [1.807, 2.05) is 97.1 Å². The summed E-state index contributed by atoms with van der Waals surface area (Å²) in [5.74, 6) is 1.90. The molecule has 5 heteroatoms. The van der Waals surface area contributed by atoms with Crippen LogP contribution in [0.2, 0.25) is 0 Å². The zero-order valence-corrected chi connectivity index (χ0v) is 27.0. The molecule has 0 atom stereocenters. The molecule has 0 amide bonds. The minimum absolute atomic E-state index is 0. The number of benzene rings is 6. The first-order valence-corrected chi connectivity index (χ1v) is 16.6. The first-order chi connectivity index (χ1) is 24.8. The third-order valence-corrected chi connectivity index (χ3v) is 8.93. The molecule has 0 aliphatic heterocycles. The van der Waals surface area contributed by atoms with Crippen molar-refractivity contribution in [1.82, 2.24) is 24.9 Å². The van der Waals surface area contributed by atoms with Crippen LogP contribution in [0.3, 0.4) is 0 Å². The Morgan fingerprint density at radius 2 is 0.720 bits per heavy atom. The highest BCUT2D eigenvalue weighted by atomic mass is 15.0. The van der Waals surface area contributed by atoms with Crippen LogP contribution in [0.25, 0.3) is 89.6 Å². The van der Waals surface area contributed by atoms with Gasteiger partial charge in [-0.05, 0) is 23.3 Å². The van der Waals surface area contributed by atoms with Gasteiger partial charge in [-0.1, -0.05) is 164 Å². The Labute approximate surface area is 291 Å². The van der Waals surface area contributed by atoms with Gasteiger partial charge >= 0.3 is 0 Å². The van der Waals surface area contributed by atoms with E-state index in [0.29, 0.717) is 17.5 Å². The van der Waals surface area contributed by atoms with Crippen molar-refractivity contribution in [2.45, 2.75) is 0 Å². The molecule has 236 valence electrons. The molecular formula is C45H31N5. The maximum atomic E-state index is 5.25. The summed E-state index contributed by atoms with van der Waals surface area (Å²) in [7, 11) is 0. The van der Waals surface area contributed by atoms with E-state index in [1.54, 1.807) is 0 Å². The summed E-state index contributed by atoms with van der Waals surface area (Å²) in [6, 6.07) is 59.9. The third kappa shape index (κ3) is 5.57. The lowest BCUT2D eigenvalue weighted by Gasteiger charge is -2.13. The Morgan fingerprint density at radius 3 is 1.26 bits per heavy atom. The molecule has 0 spiro atoms. The molecular weight excluding hydrogens is 611 g/mol. The van der Waals surface area contributed by atoms with Gasteiger partial charge in [0, 0.05) is 40.0 Å². The average Bonchev–Trinajstić information content (AvgIpc) is 3.21. The van der Waals surface area contributed by atoms with E-state index in [4.69, 9.17) is 24.9 Å². The second-order valence-electron chi connectivity index (χ2n) is 12.1. The normalized spacial score (nSPS) is 11.2. The Balaban J connectivity index is 0.00000374. The van der Waals surface area contributed by atoms with Crippen LogP contribution in [0.15, 0.2) is 176 Å². The van der Waals surface area contributed by atoms with Gasteiger partial charge in [0.25, 0.3) is 0 Å². The summed E-state index contributed by atoms with van der Waals surface area (Å²) >= 11 is 0. The molecule has 3 aromatic heterocycles. The molecule has 0 bridgehead atoms. The predicted molar refractivity (Wildman–Crippen MR) is 205 cm³/mol. The molecule has 5 nitrogen and oxygen atoms in total. The fourth-order valence-electron chi connectivity index (χ4n) is 6.37. The van der Waals surface area contributed by atoms with Gasteiger partial charge in [-0.3, -0.25) is 0 Å². The maximum absolute atomic E-state index is 5.25. The Morgan fingerprint density at radius 1 is 0.300 bits per heavy atom. The second kappa shape index (κ2) is 12.6. The van der Waals surface area contributed by atoms with E-state index in [-0.39, 0.29) is 1.43 Å². The van der Waals surface area contributed by atoms with Crippen LogP contribution in [0.4, 0.5) is 0 Å². The number of fused-ring (bicyclic) bond motifs is 3. The molecule has 0 unspecified atom stereocenters. The van der Waals surface area contributed by atoms with Crippen LogP contribution in [0, 0.1) is 0 Å². The van der Waals surface area contributed by atoms with E-state index in [9.17, 15) is 0 Å². The van der Waals surface area contributed by atoms with Crippen molar-refractivity contribution in [2.24, 2.45) is 0 Å². The van der Waals surface area contributed by atoms with Crippen molar-refractivity contribution in [2.75, 3.05) is 0 Å². The van der Waals surface area contributed by atoms with Crippen LogP contribution >= 0.6 is 0 Å². The first-order valence-electron chi connectivity index (χ1n) is 16.6. The second-order valence-corrected chi connectivity index (χ2v) is 12.1. The van der Waals surface area contributed by atoms with Crippen molar-refractivity contribution >= 4 is 21.8 Å². The Hall–Kier alpha value is -6.85. The molecule has 0 radical (unpaired) electrons. The summed E-state index contributed by atoms with van der Waals surface area (Å²) in [6.07, 6.45) is 0. The molecule has 0 aliphatic carbocycles. The summed E-state index contributed by atoms with van der Waals surface area (Å²) in [6.45, 7) is 0. The van der Waals surface area contributed by atoms with Crippen molar-refractivity contribution in [3.63, 3.8) is 0 Å². The monoisotopic (exact) mass is 642 g/mol. The number of nitrogens with zero attached hydrogens (tertiary/aromatic N) is 5. The predicted octanol–water partition coefficient (Wildman–Crippen LogP) is 11.2. The number of pyridine rings is 2. The van der Waals surface area contributed by atoms with Gasteiger partial charge in [0.2, 0.25) is 0 Å². The molecule has 3 heterocycles. The van der Waals surface area contributed by atoms with Gasteiger partial charge < -0.3 is 0 Å². The van der Waals surface area contributed by atoms with E-state index in [2.05, 4.69) is 78.9 Å². The van der Waals surface area contributed by atoms with E-state index >= 15 is 0 Å². The van der Waals surface area contributed by atoms with E-state index in [0.717, 1.165) is 72.1 Å². The molecule has 0 fully saturated rings. The fourth-order valence-corrected chi connectivity index (χ4v) is 6.37. The third-order valence-electron chi connectivity index (χ3n) is 8.93. The van der Waals surface area contributed by atoms with Crippen LogP contribution < -0.4 is 0 Å². The largest absolute Gasteiger partial charge is 0.245 e. The van der Waals surface area contributed by atoms with Gasteiger partial charge in [-0.2, -0.15) is 0 Å². The number of hydrogen-bond acceptors (Lipinski definition) is 5. The highest BCUT2D eigenvalue weighted by Gasteiger charge is 2.16. The van der Waals surface area contributed by atoms with Crippen LogP contribution in [-0.2, 0) is 0 Å². The summed E-state index contributed by atoms with van der Waals surface area (Å²) < 4.78 is 0. The van der Waals surface area contributed by atoms with Gasteiger partial charge in [0.05, 0.1) is 22.4 Å².